The smallest absolute Gasteiger partial charge is 0.337 e. The molecule has 0 fully saturated rings. The van der Waals surface area contributed by atoms with Gasteiger partial charge in [-0.2, -0.15) is 0 Å². The van der Waals surface area contributed by atoms with Crippen molar-refractivity contribution < 1.29 is 14.8 Å². The number of non-ortho nitro benzene ring substituents is 1. The lowest BCUT2D eigenvalue weighted by molar-refractivity contribution is -0.384. The molecule has 1 aromatic heterocycles. The number of nitrogens with zero attached hydrogens (tertiary/aromatic N) is 4. The Morgan fingerprint density at radius 1 is 1.45 bits per heavy atom. The van der Waals surface area contributed by atoms with Crippen LogP contribution in [0.1, 0.15) is 16.2 Å². The van der Waals surface area contributed by atoms with Gasteiger partial charge < -0.3 is 9.67 Å². The first-order chi connectivity index (χ1) is 9.40. The minimum atomic E-state index is -1.23. The number of aromatic carboxylic acids is 1. The highest BCUT2D eigenvalue weighted by molar-refractivity contribution is 7.99. The molecule has 1 heterocycles. The van der Waals surface area contributed by atoms with Crippen LogP contribution in [-0.2, 0) is 7.05 Å². The molecule has 0 aliphatic rings. The van der Waals surface area contributed by atoms with Crippen molar-refractivity contribution >= 4 is 23.4 Å². The Kier molecular flexibility index (Phi) is 3.70. The SMILES string of the molecule is Cc1nnc(Sc2ccc([N+](=O)[O-])cc2C(=O)O)n1C. The van der Waals surface area contributed by atoms with Crippen molar-refractivity contribution in [1.29, 1.82) is 0 Å². The molecule has 104 valence electrons. The highest BCUT2D eigenvalue weighted by atomic mass is 32.2. The Bertz CT molecular complexity index is 698. The molecule has 8 nitrogen and oxygen atoms in total. The van der Waals surface area contributed by atoms with Gasteiger partial charge in [0.05, 0.1) is 10.5 Å². The molecule has 2 rings (SSSR count). The fraction of sp³-hybridized carbons (Fsp3) is 0.182. The molecule has 0 saturated carbocycles. The second-order valence-corrected chi connectivity index (χ2v) is 4.94. The average molecular weight is 294 g/mol. The maximum absolute atomic E-state index is 11.2. The summed E-state index contributed by atoms with van der Waals surface area (Å²) in [6, 6.07) is 3.70. The van der Waals surface area contributed by atoms with E-state index in [9.17, 15) is 14.9 Å². The monoisotopic (exact) mass is 294 g/mol. The molecule has 1 aromatic carbocycles. The molecule has 0 saturated heterocycles. The van der Waals surface area contributed by atoms with Crippen LogP contribution < -0.4 is 0 Å². The quantitative estimate of drug-likeness (QED) is 0.676. The number of aromatic nitrogens is 3. The van der Waals surface area contributed by atoms with Gasteiger partial charge in [-0.05, 0) is 24.8 Å². The summed E-state index contributed by atoms with van der Waals surface area (Å²) in [5.74, 6) is -0.540. The Balaban J connectivity index is 2.43. The van der Waals surface area contributed by atoms with E-state index in [-0.39, 0.29) is 11.3 Å². The van der Waals surface area contributed by atoms with Crippen molar-refractivity contribution in [2.24, 2.45) is 7.05 Å². The second-order valence-electron chi connectivity index (χ2n) is 3.93. The van der Waals surface area contributed by atoms with Gasteiger partial charge in [0, 0.05) is 24.1 Å². The van der Waals surface area contributed by atoms with Crippen LogP contribution >= 0.6 is 11.8 Å². The van der Waals surface area contributed by atoms with Gasteiger partial charge in [0.25, 0.3) is 5.69 Å². The summed E-state index contributed by atoms with van der Waals surface area (Å²) in [7, 11) is 1.75. The molecule has 0 spiro atoms. The van der Waals surface area contributed by atoms with Crippen LogP contribution in [0.25, 0.3) is 0 Å². The fourth-order valence-corrected chi connectivity index (χ4v) is 2.40. The molecule has 0 aliphatic carbocycles. The van der Waals surface area contributed by atoms with Crippen LogP contribution in [0.2, 0.25) is 0 Å². The first kappa shape index (κ1) is 14.0. The van der Waals surface area contributed by atoms with Crippen molar-refractivity contribution in [2.75, 3.05) is 0 Å². The van der Waals surface area contributed by atoms with Gasteiger partial charge >= 0.3 is 5.97 Å². The number of nitro benzene ring substituents is 1. The number of rotatable bonds is 4. The average Bonchev–Trinajstić information content (AvgIpc) is 2.70. The Morgan fingerprint density at radius 3 is 2.65 bits per heavy atom. The van der Waals surface area contributed by atoms with E-state index in [4.69, 9.17) is 5.11 Å². The zero-order valence-corrected chi connectivity index (χ0v) is 11.4. The molecule has 0 atom stereocenters. The summed E-state index contributed by atoms with van der Waals surface area (Å²) in [6.07, 6.45) is 0. The molecule has 0 amide bonds. The van der Waals surface area contributed by atoms with Crippen LogP contribution in [0.3, 0.4) is 0 Å². The summed E-state index contributed by atoms with van der Waals surface area (Å²) in [6.45, 7) is 1.77. The van der Waals surface area contributed by atoms with Crippen molar-refractivity contribution in [3.8, 4) is 0 Å². The van der Waals surface area contributed by atoms with Crippen LogP contribution in [-0.4, -0.2) is 30.8 Å². The van der Waals surface area contributed by atoms with E-state index in [0.717, 1.165) is 17.8 Å². The fourth-order valence-electron chi connectivity index (χ4n) is 1.46. The lowest BCUT2D eigenvalue weighted by atomic mass is 10.2. The van der Waals surface area contributed by atoms with Crippen molar-refractivity contribution in [2.45, 2.75) is 17.0 Å². The summed E-state index contributed by atoms with van der Waals surface area (Å²) < 4.78 is 1.71. The number of hydrogen-bond acceptors (Lipinski definition) is 6. The van der Waals surface area contributed by atoms with E-state index in [0.29, 0.717) is 15.9 Å². The van der Waals surface area contributed by atoms with Crippen molar-refractivity contribution in [3.63, 3.8) is 0 Å². The van der Waals surface area contributed by atoms with E-state index >= 15 is 0 Å². The first-order valence-corrected chi connectivity index (χ1v) is 6.27. The van der Waals surface area contributed by atoms with Gasteiger partial charge in [-0.25, -0.2) is 4.79 Å². The molecule has 1 N–H and O–H groups in total. The summed E-state index contributed by atoms with van der Waals surface area (Å²) in [5, 5.41) is 28.1. The highest BCUT2D eigenvalue weighted by Gasteiger charge is 2.18. The molecule has 20 heavy (non-hydrogen) atoms. The Hall–Kier alpha value is -2.42. The standard InChI is InChI=1S/C11H10N4O4S/c1-6-12-13-11(14(6)2)20-9-4-3-7(15(18)19)5-8(9)10(16)17/h3-5H,1-2H3,(H,16,17). The number of carbonyl (C=O) groups is 1. The minimum absolute atomic E-state index is 0.134. The topological polar surface area (TPSA) is 111 Å². The van der Waals surface area contributed by atoms with E-state index < -0.39 is 10.9 Å². The zero-order valence-electron chi connectivity index (χ0n) is 10.6. The van der Waals surface area contributed by atoms with E-state index in [1.165, 1.54) is 12.1 Å². The minimum Gasteiger partial charge on any atom is -0.478 e. The van der Waals surface area contributed by atoms with E-state index in [1.54, 1.807) is 18.5 Å². The molecule has 0 radical (unpaired) electrons. The largest absolute Gasteiger partial charge is 0.478 e. The predicted octanol–water partition coefficient (Wildman–Crippen LogP) is 1.88. The summed E-state index contributed by atoms with van der Waals surface area (Å²) in [4.78, 5) is 21.6. The summed E-state index contributed by atoms with van der Waals surface area (Å²) >= 11 is 1.10. The molecule has 9 heteroatoms. The maximum atomic E-state index is 11.2. The number of carboxylic acid groups (broad SMARTS) is 1. The second kappa shape index (κ2) is 5.29. The molecular weight excluding hydrogens is 284 g/mol. The van der Waals surface area contributed by atoms with E-state index in [1.807, 2.05) is 0 Å². The highest BCUT2D eigenvalue weighted by Crippen LogP contribution is 2.31. The molecule has 2 aromatic rings. The normalized spacial score (nSPS) is 10.5. The Labute approximate surface area is 117 Å². The third-order valence-electron chi connectivity index (χ3n) is 2.66. The number of benzene rings is 1. The number of carboxylic acids is 1. The molecule has 0 unspecified atom stereocenters. The van der Waals surface area contributed by atoms with Crippen LogP contribution in [0.4, 0.5) is 5.69 Å². The van der Waals surface area contributed by atoms with Gasteiger partial charge in [-0.1, -0.05) is 0 Å². The molecule has 0 bridgehead atoms. The van der Waals surface area contributed by atoms with Gasteiger partial charge in [-0.15, -0.1) is 10.2 Å². The van der Waals surface area contributed by atoms with Crippen LogP contribution in [0, 0.1) is 17.0 Å². The molecular formula is C11H10N4O4S. The lowest BCUT2D eigenvalue weighted by Crippen LogP contribution is -2.01. The van der Waals surface area contributed by atoms with Gasteiger partial charge in [0.15, 0.2) is 5.16 Å². The Morgan fingerprint density at radius 2 is 2.15 bits per heavy atom. The maximum Gasteiger partial charge on any atom is 0.337 e. The van der Waals surface area contributed by atoms with Gasteiger partial charge in [0.1, 0.15) is 5.82 Å². The van der Waals surface area contributed by atoms with Crippen molar-refractivity contribution in [3.05, 3.63) is 39.7 Å². The van der Waals surface area contributed by atoms with Crippen LogP contribution in [0.5, 0.6) is 0 Å². The van der Waals surface area contributed by atoms with Crippen molar-refractivity contribution in [1.82, 2.24) is 14.8 Å². The number of nitro groups is 1. The lowest BCUT2D eigenvalue weighted by Gasteiger charge is -2.05. The van der Waals surface area contributed by atoms with E-state index in [2.05, 4.69) is 10.2 Å². The number of aryl methyl sites for hydroxylation is 1. The third-order valence-corrected chi connectivity index (χ3v) is 3.77. The third kappa shape index (κ3) is 2.62. The molecule has 0 aliphatic heterocycles. The first-order valence-electron chi connectivity index (χ1n) is 5.45. The van der Waals surface area contributed by atoms with Gasteiger partial charge in [0.2, 0.25) is 0 Å². The van der Waals surface area contributed by atoms with Crippen LogP contribution in [0.15, 0.2) is 28.3 Å². The number of hydrogen-bond donors (Lipinski definition) is 1. The van der Waals surface area contributed by atoms with Gasteiger partial charge in [-0.3, -0.25) is 10.1 Å². The predicted molar refractivity (Wildman–Crippen MR) is 69.9 cm³/mol. The zero-order chi connectivity index (χ0) is 14.9. The summed E-state index contributed by atoms with van der Waals surface area (Å²) in [5.41, 5.74) is -0.397.